The van der Waals surface area contributed by atoms with Crippen LogP contribution in [0.4, 0.5) is 5.69 Å². The lowest BCUT2D eigenvalue weighted by Gasteiger charge is -2.12. The molecule has 0 aliphatic carbocycles. The zero-order chi connectivity index (χ0) is 20.1. The van der Waals surface area contributed by atoms with Gasteiger partial charge in [-0.3, -0.25) is 9.59 Å². The van der Waals surface area contributed by atoms with E-state index in [-0.39, 0.29) is 16.8 Å². The van der Waals surface area contributed by atoms with Crippen molar-refractivity contribution in [3.8, 4) is 0 Å². The number of pyridine rings is 1. The fourth-order valence-electron chi connectivity index (χ4n) is 2.87. The van der Waals surface area contributed by atoms with Crippen LogP contribution in [-0.2, 0) is 11.3 Å². The summed E-state index contributed by atoms with van der Waals surface area (Å²) in [7, 11) is 1.27. The number of anilines is 1. The SMILES string of the molecule is COC(=O)c1ccccc1NC(=O)c1cccn(Cc2ccccc2C)c1=O. The largest absolute Gasteiger partial charge is 0.465 e. The number of aromatic nitrogens is 1. The summed E-state index contributed by atoms with van der Waals surface area (Å²) in [6, 6.07) is 17.4. The second kappa shape index (κ2) is 8.35. The number of esters is 1. The van der Waals surface area contributed by atoms with Crippen LogP contribution in [0.5, 0.6) is 0 Å². The quantitative estimate of drug-likeness (QED) is 0.694. The number of carbonyl (C=O) groups excluding carboxylic acids is 2. The van der Waals surface area contributed by atoms with Gasteiger partial charge in [0, 0.05) is 6.20 Å². The highest BCUT2D eigenvalue weighted by atomic mass is 16.5. The van der Waals surface area contributed by atoms with Crippen molar-refractivity contribution in [2.24, 2.45) is 0 Å². The Balaban J connectivity index is 1.89. The fraction of sp³-hybridized carbons (Fsp3) is 0.136. The number of aryl methyl sites for hydroxylation is 1. The third kappa shape index (κ3) is 4.01. The minimum absolute atomic E-state index is 0.00393. The van der Waals surface area contributed by atoms with Gasteiger partial charge in [0.15, 0.2) is 0 Å². The molecule has 6 nitrogen and oxygen atoms in total. The zero-order valence-electron chi connectivity index (χ0n) is 15.6. The molecule has 28 heavy (non-hydrogen) atoms. The Morgan fingerprint density at radius 2 is 1.64 bits per heavy atom. The molecule has 0 fully saturated rings. The Morgan fingerprint density at radius 3 is 2.39 bits per heavy atom. The van der Waals surface area contributed by atoms with Crippen LogP contribution in [0.15, 0.2) is 71.7 Å². The second-order valence-electron chi connectivity index (χ2n) is 6.27. The van der Waals surface area contributed by atoms with E-state index in [0.717, 1.165) is 11.1 Å². The van der Waals surface area contributed by atoms with Crippen LogP contribution in [0.1, 0.15) is 31.8 Å². The van der Waals surface area contributed by atoms with E-state index < -0.39 is 17.4 Å². The summed E-state index contributed by atoms with van der Waals surface area (Å²) in [5.41, 5.74) is 2.16. The first-order valence-electron chi connectivity index (χ1n) is 8.74. The summed E-state index contributed by atoms with van der Waals surface area (Å²) in [5, 5.41) is 2.63. The third-order valence-corrected chi connectivity index (χ3v) is 4.45. The molecule has 142 valence electrons. The predicted molar refractivity (Wildman–Crippen MR) is 107 cm³/mol. The van der Waals surface area contributed by atoms with Crippen LogP contribution in [0.3, 0.4) is 0 Å². The van der Waals surface area contributed by atoms with Crippen molar-refractivity contribution in [2.45, 2.75) is 13.5 Å². The molecule has 6 heteroatoms. The van der Waals surface area contributed by atoms with Crippen molar-refractivity contribution in [2.75, 3.05) is 12.4 Å². The Bertz CT molecular complexity index is 1090. The number of carbonyl (C=O) groups is 2. The van der Waals surface area contributed by atoms with Crippen LogP contribution >= 0.6 is 0 Å². The molecule has 3 rings (SSSR count). The molecule has 1 N–H and O–H groups in total. The van der Waals surface area contributed by atoms with Gasteiger partial charge in [0.25, 0.3) is 11.5 Å². The topological polar surface area (TPSA) is 77.4 Å². The minimum atomic E-state index is -0.583. The van der Waals surface area contributed by atoms with Gasteiger partial charge < -0.3 is 14.6 Å². The van der Waals surface area contributed by atoms with E-state index in [2.05, 4.69) is 5.32 Å². The summed E-state index contributed by atoms with van der Waals surface area (Å²) in [6.45, 7) is 2.34. The molecule has 0 bridgehead atoms. The average molecular weight is 376 g/mol. The van der Waals surface area contributed by atoms with Crippen LogP contribution in [0.2, 0.25) is 0 Å². The van der Waals surface area contributed by atoms with Gasteiger partial charge in [-0.1, -0.05) is 36.4 Å². The van der Waals surface area contributed by atoms with E-state index >= 15 is 0 Å². The zero-order valence-corrected chi connectivity index (χ0v) is 15.6. The summed E-state index contributed by atoms with van der Waals surface area (Å²) in [6.07, 6.45) is 1.65. The van der Waals surface area contributed by atoms with Crippen molar-refractivity contribution in [3.05, 3.63) is 99.5 Å². The molecule has 1 heterocycles. The Morgan fingerprint density at radius 1 is 0.964 bits per heavy atom. The number of para-hydroxylation sites is 1. The van der Waals surface area contributed by atoms with E-state index in [0.29, 0.717) is 6.54 Å². The van der Waals surface area contributed by atoms with Crippen LogP contribution in [0, 0.1) is 6.92 Å². The molecule has 0 atom stereocenters. The highest BCUT2D eigenvalue weighted by Crippen LogP contribution is 2.17. The molecule has 0 unspecified atom stereocenters. The highest BCUT2D eigenvalue weighted by molar-refractivity contribution is 6.07. The molecular weight excluding hydrogens is 356 g/mol. The lowest BCUT2D eigenvalue weighted by molar-refractivity contribution is 0.0602. The molecule has 2 aromatic carbocycles. The smallest absolute Gasteiger partial charge is 0.339 e. The first kappa shape index (κ1) is 19.1. The summed E-state index contributed by atoms with van der Waals surface area (Å²) in [4.78, 5) is 37.4. The standard InChI is InChI=1S/C22H20N2O4/c1-15-8-3-4-9-16(15)14-24-13-7-11-18(21(24)26)20(25)23-19-12-6-5-10-17(19)22(27)28-2/h3-13H,14H2,1-2H3,(H,23,25). The Kier molecular flexibility index (Phi) is 5.69. The molecule has 0 spiro atoms. The lowest BCUT2D eigenvalue weighted by Crippen LogP contribution is -2.29. The van der Waals surface area contributed by atoms with Crippen molar-refractivity contribution in [1.82, 2.24) is 4.57 Å². The number of hydrogen-bond donors (Lipinski definition) is 1. The Hall–Kier alpha value is -3.67. The molecule has 0 radical (unpaired) electrons. The van der Waals surface area contributed by atoms with E-state index in [1.807, 2.05) is 31.2 Å². The van der Waals surface area contributed by atoms with Gasteiger partial charge in [0.05, 0.1) is 24.9 Å². The summed E-state index contributed by atoms with van der Waals surface area (Å²) in [5.74, 6) is -1.15. The lowest BCUT2D eigenvalue weighted by atomic mass is 10.1. The van der Waals surface area contributed by atoms with Crippen LogP contribution < -0.4 is 10.9 Å². The molecule has 3 aromatic rings. The number of rotatable bonds is 5. The molecule has 0 saturated carbocycles. The van der Waals surface area contributed by atoms with Gasteiger partial charge in [-0.05, 0) is 42.3 Å². The maximum Gasteiger partial charge on any atom is 0.339 e. The van der Waals surface area contributed by atoms with Gasteiger partial charge in [-0.2, -0.15) is 0 Å². The monoisotopic (exact) mass is 376 g/mol. The average Bonchev–Trinajstić information content (AvgIpc) is 2.71. The molecular formula is C22H20N2O4. The number of ether oxygens (including phenoxy) is 1. The number of hydrogen-bond acceptors (Lipinski definition) is 4. The third-order valence-electron chi connectivity index (χ3n) is 4.45. The molecule has 1 amide bonds. The number of nitrogens with zero attached hydrogens (tertiary/aromatic N) is 1. The fourth-order valence-corrected chi connectivity index (χ4v) is 2.87. The van der Waals surface area contributed by atoms with Crippen molar-refractivity contribution < 1.29 is 14.3 Å². The number of benzene rings is 2. The summed E-state index contributed by atoms with van der Waals surface area (Å²) >= 11 is 0. The van der Waals surface area contributed by atoms with E-state index in [1.54, 1.807) is 36.5 Å². The van der Waals surface area contributed by atoms with Gasteiger partial charge in [-0.15, -0.1) is 0 Å². The van der Waals surface area contributed by atoms with E-state index in [9.17, 15) is 14.4 Å². The maximum atomic E-state index is 12.8. The van der Waals surface area contributed by atoms with Crippen molar-refractivity contribution in [1.29, 1.82) is 0 Å². The van der Waals surface area contributed by atoms with Gasteiger partial charge in [0.1, 0.15) is 5.56 Å². The summed E-state index contributed by atoms with van der Waals surface area (Å²) < 4.78 is 6.22. The van der Waals surface area contributed by atoms with Crippen molar-refractivity contribution in [3.63, 3.8) is 0 Å². The number of nitrogens with one attached hydrogen (secondary N) is 1. The first-order chi connectivity index (χ1) is 13.5. The van der Waals surface area contributed by atoms with E-state index in [4.69, 9.17) is 4.74 Å². The van der Waals surface area contributed by atoms with Gasteiger partial charge in [-0.25, -0.2) is 4.79 Å². The molecule has 0 aliphatic heterocycles. The highest BCUT2D eigenvalue weighted by Gasteiger charge is 2.17. The minimum Gasteiger partial charge on any atom is -0.465 e. The van der Waals surface area contributed by atoms with Crippen LogP contribution in [-0.4, -0.2) is 23.6 Å². The number of methoxy groups -OCH3 is 1. The maximum absolute atomic E-state index is 12.8. The van der Waals surface area contributed by atoms with Crippen LogP contribution in [0.25, 0.3) is 0 Å². The van der Waals surface area contributed by atoms with Gasteiger partial charge in [0.2, 0.25) is 0 Å². The van der Waals surface area contributed by atoms with Gasteiger partial charge >= 0.3 is 5.97 Å². The molecule has 0 saturated heterocycles. The molecule has 0 aliphatic rings. The first-order valence-corrected chi connectivity index (χ1v) is 8.74. The number of amides is 1. The van der Waals surface area contributed by atoms with E-state index in [1.165, 1.54) is 17.7 Å². The second-order valence-corrected chi connectivity index (χ2v) is 6.27. The normalized spacial score (nSPS) is 10.4. The Labute approximate surface area is 162 Å². The molecule has 1 aromatic heterocycles. The predicted octanol–water partition coefficient (Wildman–Crippen LogP) is 3.24. The van der Waals surface area contributed by atoms with Crippen molar-refractivity contribution >= 4 is 17.6 Å².